The molecule has 1 heterocycles. The normalized spacial score (nSPS) is 16.3. The topological polar surface area (TPSA) is 43.8 Å². The molecule has 1 aromatic carbocycles. The molecule has 0 bridgehead atoms. The maximum atomic E-state index is 6.31. The Morgan fingerprint density at radius 1 is 1.30 bits per heavy atom. The molecule has 1 atom stereocenters. The Bertz CT molecular complexity index is 582. The van der Waals surface area contributed by atoms with Crippen LogP contribution in [-0.4, -0.2) is 9.55 Å². The van der Waals surface area contributed by atoms with Crippen LogP contribution in [0.1, 0.15) is 55.6 Å². The van der Waals surface area contributed by atoms with Crippen LogP contribution in [-0.2, 0) is 13.0 Å². The van der Waals surface area contributed by atoms with Gasteiger partial charge in [0.2, 0.25) is 0 Å². The van der Waals surface area contributed by atoms with Crippen molar-refractivity contribution in [1.82, 2.24) is 9.55 Å². The SMILES string of the molecule is CCn1c(C2CC2)nc(CC(C)c2ccccc2)c1N. The maximum Gasteiger partial charge on any atom is 0.126 e. The van der Waals surface area contributed by atoms with Crippen molar-refractivity contribution < 1.29 is 0 Å². The van der Waals surface area contributed by atoms with Gasteiger partial charge in [0.1, 0.15) is 11.6 Å². The molecule has 0 amide bonds. The van der Waals surface area contributed by atoms with Gasteiger partial charge in [-0.3, -0.25) is 0 Å². The first-order valence-electron chi connectivity index (χ1n) is 7.60. The lowest BCUT2D eigenvalue weighted by atomic mass is 9.96. The largest absolute Gasteiger partial charge is 0.384 e. The Morgan fingerprint density at radius 3 is 2.60 bits per heavy atom. The zero-order chi connectivity index (χ0) is 14.1. The molecule has 2 aromatic rings. The van der Waals surface area contributed by atoms with Gasteiger partial charge in [-0.15, -0.1) is 0 Å². The molecular formula is C17H23N3. The van der Waals surface area contributed by atoms with Crippen molar-refractivity contribution in [2.45, 2.75) is 51.5 Å². The van der Waals surface area contributed by atoms with E-state index in [0.29, 0.717) is 11.8 Å². The van der Waals surface area contributed by atoms with Gasteiger partial charge < -0.3 is 10.3 Å². The van der Waals surface area contributed by atoms with Crippen molar-refractivity contribution in [3.05, 3.63) is 47.4 Å². The summed E-state index contributed by atoms with van der Waals surface area (Å²) in [7, 11) is 0. The fourth-order valence-corrected chi connectivity index (χ4v) is 2.86. The molecule has 3 rings (SSSR count). The summed E-state index contributed by atoms with van der Waals surface area (Å²) in [6.45, 7) is 5.31. The first-order valence-corrected chi connectivity index (χ1v) is 7.60. The molecule has 3 nitrogen and oxygen atoms in total. The molecule has 0 aliphatic heterocycles. The van der Waals surface area contributed by atoms with Crippen LogP contribution in [0.3, 0.4) is 0 Å². The van der Waals surface area contributed by atoms with Gasteiger partial charge in [0.15, 0.2) is 0 Å². The minimum absolute atomic E-state index is 0.450. The molecule has 0 radical (unpaired) electrons. The van der Waals surface area contributed by atoms with E-state index in [9.17, 15) is 0 Å². The van der Waals surface area contributed by atoms with Gasteiger partial charge in [-0.2, -0.15) is 0 Å². The molecule has 1 aliphatic carbocycles. The van der Waals surface area contributed by atoms with E-state index in [1.54, 1.807) is 0 Å². The van der Waals surface area contributed by atoms with E-state index in [-0.39, 0.29) is 0 Å². The molecule has 0 saturated heterocycles. The number of nitrogens with two attached hydrogens (primary N) is 1. The summed E-state index contributed by atoms with van der Waals surface area (Å²) >= 11 is 0. The maximum absolute atomic E-state index is 6.31. The van der Waals surface area contributed by atoms with Crippen LogP contribution in [0.2, 0.25) is 0 Å². The van der Waals surface area contributed by atoms with Crippen LogP contribution in [0, 0.1) is 0 Å². The zero-order valence-corrected chi connectivity index (χ0v) is 12.3. The molecule has 1 saturated carbocycles. The van der Waals surface area contributed by atoms with Crippen LogP contribution in [0.25, 0.3) is 0 Å². The summed E-state index contributed by atoms with van der Waals surface area (Å²) < 4.78 is 2.20. The van der Waals surface area contributed by atoms with Gasteiger partial charge in [0, 0.05) is 12.5 Å². The van der Waals surface area contributed by atoms with E-state index in [0.717, 1.165) is 24.5 Å². The molecule has 2 N–H and O–H groups in total. The predicted octanol–water partition coefficient (Wildman–Crippen LogP) is 3.71. The lowest BCUT2D eigenvalue weighted by molar-refractivity contribution is 0.708. The molecule has 20 heavy (non-hydrogen) atoms. The third kappa shape index (κ3) is 2.45. The van der Waals surface area contributed by atoms with Crippen molar-refractivity contribution in [1.29, 1.82) is 0 Å². The average Bonchev–Trinajstić information content (AvgIpc) is 3.26. The second kappa shape index (κ2) is 5.31. The number of hydrogen-bond acceptors (Lipinski definition) is 2. The van der Waals surface area contributed by atoms with Crippen LogP contribution >= 0.6 is 0 Å². The van der Waals surface area contributed by atoms with Crippen molar-refractivity contribution in [2.75, 3.05) is 5.73 Å². The fourth-order valence-electron chi connectivity index (χ4n) is 2.86. The molecule has 1 aliphatic rings. The van der Waals surface area contributed by atoms with Crippen molar-refractivity contribution >= 4 is 5.82 Å². The van der Waals surface area contributed by atoms with Crippen molar-refractivity contribution in [3.63, 3.8) is 0 Å². The minimum atomic E-state index is 0.450. The lowest BCUT2D eigenvalue weighted by Crippen LogP contribution is -2.06. The average molecular weight is 269 g/mol. The number of nitrogen functional groups attached to an aromatic ring is 1. The molecule has 106 valence electrons. The monoisotopic (exact) mass is 269 g/mol. The van der Waals surface area contributed by atoms with E-state index in [1.807, 2.05) is 0 Å². The standard InChI is InChI=1S/C17H23N3/c1-3-20-16(18)15(19-17(20)14-9-10-14)11-12(2)13-7-5-4-6-8-13/h4-8,12,14H,3,9-11,18H2,1-2H3. The highest BCUT2D eigenvalue weighted by atomic mass is 15.1. The minimum Gasteiger partial charge on any atom is -0.384 e. The number of hydrogen-bond donors (Lipinski definition) is 1. The van der Waals surface area contributed by atoms with E-state index in [2.05, 4.69) is 48.7 Å². The summed E-state index contributed by atoms with van der Waals surface area (Å²) in [6, 6.07) is 10.6. The van der Waals surface area contributed by atoms with Crippen LogP contribution < -0.4 is 5.73 Å². The third-order valence-electron chi connectivity index (χ3n) is 4.24. The second-order valence-electron chi connectivity index (χ2n) is 5.84. The van der Waals surface area contributed by atoms with Crippen molar-refractivity contribution in [3.8, 4) is 0 Å². The summed E-state index contributed by atoms with van der Waals surface area (Å²) in [5.74, 6) is 3.18. The third-order valence-corrected chi connectivity index (χ3v) is 4.24. The van der Waals surface area contributed by atoms with Gasteiger partial charge in [-0.05, 0) is 37.7 Å². The first-order chi connectivity index (χ1) is 9.70. The molecule has 3 heteroatoms. The van der Waals surface area contributed by atoms with Gasteiger partial charge in [-0.25, -0.2) is 4.98 Å². The smallest absolute Gasteiger partial charge is 0.126 e. The number of imidazole rings is 1. The van der Waals surface area contributed by atoms with Gasteiger partial charge in [-0.1, -0.05) is 37.3 Å². The van der Waals surface area contributed by atoms with Crippen molar-refractivity contribution in [2.24, 2.45) is 0 Å². The second-order valence-corrected chi connectivity index (χ2v) is 5.84. The fraction of sp³-hybridized carbons (Fsp3) is 0.471. The Labute approximate surface area is 120 Å². The van der Waals surface area contributed by atoms with E-state index in [4.69, 9.17) is 10.7 Å². The Morgan fingerprint density at radius 2 is 2.00 bits per heavy atom. The van der Waals surface area contributed by atoms with Crippen LogP contribution in [0.4, 0.5) is 5.82 Å². The highest BCUT2D eigenvalue weighted by Crippen LogP contribution is 2.41. The quantitative estimate of drug-likeness (QED) is 0.899. The highest BCUT2D eigenvalue weighted by Gasteiger charge is 2.30. The number of anilines is 1. The summed E-state index contributed by atoms with van der Waals surface area (Å²) in [5, 5.41) is 0. The molecule has 1 aromatic heterocycles. The van der Waals surface area contributed by atoms with Gasteiger partial charge in [0.05, 0.1) is 5.69 Å². The van der Waals surface area contributed by atoms with Gasteiger partial charge in [0.25, 0.3) is 0 Å². The van der Waals surface area contributed by atoms with E-state index >= 15 is 0 Å². The Hall–Kier alpha value is -1.77. The Balaban J connectivity index is 1.84. The summed E-state index contributed by atoms with van der Waals surface area (Å²) in [4.78, 5) is 4.85. The molecule has 1 fully saturated rings. The Kier molecular flexibility index (Phi) is 3.51. The summed E-state index contributed by atoms with van der Waals surface area (Å²) in [5.41, 5.74) is 8.73. The first kappa shape index (κ1) is 13.2. The molecule has 1 unspecified atom stereocenters. The number of aromatic nitrogens is 2. The number of benzene rings is 1. The zero-order valence-electron chi connectivity index (χ0n) is 12.3. The molecular weight excluding hydrogens is 246 g/mol. The van der Waals surface area contributed by atoms with Crippen LogP contribution in [0.5, 0.6) is 0 Å². The number of nitrogens with zero attached hydrogens (tertiary/aromatic N) is 2. The van der Waals surface area contributed by atoms with E-state index < -0.39 is 0 Å². The van der Waals surface area contributed by atoms with Crippen LogP contribution in [0.15, 0.2) is 30.3 Å². The predicted molar refractivity (Wildman–Crippen MR) is 82.8 cm³/mol. The lowest BCUT2D eigenvalue weighted by Gasteiger charge is -2.11. The molecule has 0 spiro atoms. The highest BCUT2D eigenvalue weighted by molar-refractivity contribution is 5.41. The van der Waals surface area contributed by atoms with E-state index in [1.165, 1.54) is 24.2 Å². The number of rotatable bonds is 5. The van der Waals surface area contributed by atoms with Gasteiger partial charge >= 0.3 is 0 Å². The summed E-state index contributed by atoms with van der Waals surface area (Å²) in [6.07, 6.45) is 3.46.